The topological polar surface area (TPSA) is 21.6 Å². The molecule has 1 aromatic rings. The van der Waals surface area contributed by atoms with Crippen molar-refractivity contribution < 1.29 is 4.74 Å². The van der Waals surface area contributed by atoms with Gasteiger partial charge in [0, 0.05) is 5.71 Å². The second-order valence-corrected chi connectivity index (χ2v) is 3.61. The Kier molecular flexibility index (Phi) is 3.69. The van der Waals surface area contributed by atoms with Crippen LogP contribution in [0.15, 0.2) is 29.3 Å². The van der Waals surface area contributed by atoms with Gasteiger partial charge in [-0.1, -0.05) is 13.8 Å². The van der Waals surface area contributed by atoms with Crippen molar-refractivity contribution in [2.75, 3.05) is 7.11 Å². The van der Waals surface area contributed by atoms with E-state index in [2.05, 4.69) is 25.8 Å². The summed E-state index contributed by atoms with van der Waals surface area (Å²) in [5, 5.41) is 0. The molecule has 0 saturated carbocycles. The molecule has 0 atom stereocenters. The van der Waals surface area contributed by atoms with Crippen LogP contribution < -0.4 is 4.74 Å². The van der Waals surface area contributed by atoms with Crippen LogP contribution in [0.1, 0.15) is 20.8 Å². The number of aliphatic imine (C=N–C) groups is 1. The molecule has 14 heavy (non-hydrogen) atoms. The zero-order chi connectivity index (χ0) is 10.6. The van der Waals surface area contributed by atoms with Gasteiger partial charge in [-0.15, -0.1) is 0 Å². The molecule has 76 valence electrons. The van der Waals surface area contributed by atoms with Crippen molar-refractivity contribution >= 4 is 11.4 Å². The molecule has 0 spiro atoms. The molecule has 1 aromatic carbocycles. The van der Waals surface area contributed by atoms with E-state index < -0.39 is 0 Å². The van der Waals surface area contributed by atoms with Crippen molar-refractivity contribution in [3.05, 3.63) is 24.3 Å². The Hall–Kier alpha value is -1.31. The molecule has 0 fully saturated rings. The maximum Gasteiger partial charge on any atom is 0.119 e. The number of rotatable bonds is 3. The minimum atomic E-state index is 0.497. The second kappa shape index (κ2) is 4.80. The van der Waals surface area contributed by atoms with Crippen LogP contribution in [0.5, 0.6) is 5.75 Å². The molecule has 0 N–H and O–H groups in total. The van der Waals surface area contributed by atoms with E-state index in [-0.39, 0.29) is 0 Å². The maximum atomic E-state index is 5.07. The molecule has 0 saturated heterocycles. The highest BCUT2D eigenvalue weighted by Gasteiger charge is 1.98. The van der Waals surface area contributed by atoms with Gasteiger partial charge in [0.25, 0.3) is 0 Å². The minimum absolute atomic E-state index is 0.497. The number of methoxy groups -OCH3 is 1. The van der Waals surface area contributed by atoms with Crippen molar-refractivity contribution in [2.24, 2.45) is 10.9 Å². The summed E-state index contributed by atoms with van der Waals surface area (Å²) >= 11 is 0. The molecule has 0 aliphatic heterocycles. The largest absolute Gasteiger partial charge is 0.497 e. The standard InChI is InChI=1S/C12H17NO/c1-9(2)10(3)13-11-5-7-12(14-4)8-6-11/h5-9H,1-4H3. The van der Waals surface area contributed by atoms with Gasteiger partial charge in [-0.25, -0.2) is 0 Å². The lowest BCUT2D eigenvalue weighted by atomic mass is 10.1. The summed E-state index contributed by atoms with van der Waals surface area (Å²) in [5.41, 5.74) is 2.13. The number of hydrogen-bond donors (Lipinski definition) is 0. The fourth-order valence-electron chi connectivity index (χ4n) is 0.989. The average molecular weight is 191 g/mol. The van der Waals surface area contributed by atoms with Gasteiger partial charge in [-0.2, -0.15) is 0 Å². The van der Waals surface area contributed by atoms with Crippen LogP contribution in [0, 0.1) is 5.92 Å². The molecular formula is C12H17NO. The predicted octanol–water partition coefficient (Wildman–Crippen LogP) is 3.44. The first kappa shape index (κ1) is 10.8. The highest BCUT2D eigenvalue weighted by Crippen LogP contribution is 2.18. The second-order valence-electron chi connectivity index (χ2n) is 3.61. The van der Waals surface area contributed by atoms with Crippen LogP contribution >= 0.6 is 0 Å². The lowest BCUT2D eigenvalue weighted by molar-refractivity contribution is 0.415. The maximum absolute atomic E-state index is 5.07. The van der Waals surface area contributed by atoms with Crippen LogP contribution in [0.25, 0.3) is 0 Å². The molecule has 2 heteroatoms. The molecule has 0 bridgehead atoms. The lowest BCUT2D eigenvalue weighted by Crippen LogP contribution is -2.00. The van der Waals surface area contributed by atoms with Gasteiger partial charge >= 0.3 is 0 Å². The third-order valence-corrected chi connectivity index (χ3v) is 2.21. The molecule has 0 aromatic heterocycles. The zero-order valence-electron chi connectivity index (χ0n) is 9.24. The molecule has 0 heterocycles. The molecular weight excluding hydrogens is 174 g/mol. The van der Waals surface area contributed by atoms with Crippen molar-refractivity contribution in [3.8, 4) is 5.75 Å². The number of nitrogens with zero attached hydrogens (tertiary/aromatic N) is 1. The lowest BCUT2D eigenvalue weighted by Gasteiger charge is -2.04. The Labute approximate surface area is 85.6 Å². The van der Waals surface area contributed by atoms with Crippen LogP contribution in [-0.2, 0) is 0 Å². The first-order valence-electron chi connectivity index (χ1n) is 4.82. The fourth-order valence-corrected chi connectivity index (χ4v) is 0.989. The molecule has 0 aliphatic carbocycles. The summed E-state index contributed by atoms with van der Waals surface area (Å²) in [5.74, 6) is 1.36. The Morgan fingerprint density at radius 3 is 2.21 bits per heavy atom. The molecule has 0 radical (unpaired) electrons. The Morgan fingerprint density at radius 2 is 1.79 bits per heavy atom. The van der Waals surface area contributed by atoms with Gasteiger partial charge in [-0.05, 0) is 37.1 Å². The van der Waals surface area contributed by atoms with Gasteiger partial charge in [0.05, 0.1) is 12.8 Å². The van der Waals surface area contributed by atoms with E-state index in [9.17, 15) is 0 Å². The summed E-state index contributed by atoms with van der Waals surface area (Å²) < 4.78 is 5.07. The summed E-state index contributed by atoms with van der Waals surface area (Å²) in [7, 11) is 1.66. The normalized spacial score (nSPS) is 11.9. The van der Waals surface area contributed by atoms with Crippen LogP contribution in [0.2, 0.25) is 0 Å². The van der Waals surface area contributed by atoms with Crippen molar-refractivity contribution in [3.63, 3.8) is 0 Å². The Bertz CT molecular complexity index is 312. The van der Waals surface area contributed by atoms with E-state index >= 15 is 0 Å². The molecule has 1 rings (SSSR count). The molecule has 0 amide bonds. The van der Waals surface area contributed by atoms with Crippen molar-refractivity contribution in [1.82, 2.24) is 0 Å². The Morgan fingerprint density at radius 1 is 1.21 bits per heavy atom. The number of benzene rings is 1. The first-order chi connectivity index (χ1) is 6.63. The Balaban J connectivity index is 2.83. The van der Waals surface area contributed by atoms with Gasteiger partial charge < -0.3 is 4.74 Å². The summed E-state index contributed by atoms with van der Waals surface area (Å²) in [6.07, 6.45) is 0. The van der Waals surface area contributed by atoms with E-state index in [0.29, 0.717) is 5.92 Å². The van der Waals surface area contributed by atoms with E-state index in [0.717, 1.165) is 17.1 Å². The van der Waals surface area contributed by atoms with E-state index in [1.807, 2.05) is 24.3 Å². The van der Waals surface area contributed by atoms with Crippen LogP contribution in [0.4, 0.5) is 5.69 Å². The highest BCUT2D eigenvalue weighted by molar-refractivity contribution is 5.86. The summed E-state index contributed by atoms with van der Waals surface area (Å²) in [6, 6.07) is 7.77. The minimum Gasteiger partial charge on any atom is -0.497 e. The first-order valence-corrected chi connectivity index (χ1v) is 4.82. The SMILES string of the molecule is COc1ccc(N=C(C)C(C)C)cc1. The average Bonchev–Trinajstić information content (AvgIpc) is 2.19. The fraction of sp³-hybridized carbons (Fsp3) is 0.417. The monoisotopic (exact) mass is 191 g/mol. The molecule has 0 aliphatic rings. The van der Waals surface area contributed by atoms with E-state index in [1.165, 1.54) is 0 Å². The van der Waals surface area contributed by atoms with E-state index in [1.54, 1.807) is 7.11 Å². The van der Waals surface area contributed by atoms with Crippen molar-refractivity contribution in [2.45, 2.75) is 20.8 Å². The zero-order valence-corrected chi connectivity index (χ0v) is 9.24. The van der Waals surface area contributed by atoms with Crippen LogP contribution in [0.3, 0.4) is 0 Å². The highest BCUT2D eigenvalue weighted by atomic mass is 16.5. The molecule has 2 nitrogen and oxygen atoms in total. The number of ether oxygens (including phenoxy) is 1. The van der Waals surface area contributed by atoms with Gasteiger partial charge in [-0.3, -0.25) is 4.99 Å². The summed E-state index contributed by atoms with van der Waals surface area (Å²) in [4.78, 5) is 4.50. The van der Waals surface area contributed by atoms with Gasteiger partial charge in [0.1, 0.15) is 5.75 Å². The third kappa shape index (κ3) is 2.87. The number of hydrogen-bond acceptors (Lipinski definition) is 2. The predicted molar refractivity (Wildman–Crippen MR) is 60.6 cm³/mol. The quantitative estimate of drug-likeness (QED) is 0.670. The third-order valence-electron chi connectivity index (χ3n) is 2.21. The van der Waals surface area contributed by atoms with E-state index in [4.69, 9.17) is 4.74 Å². The molecule has 0 unspecified atom stereocenters. The van der Waals surface area contributed by atoms with Crippen molar-refractivity contribution in [1.29, 1.82) is 0 Å². The van der Waals surface area contributed by atoms with Gasteiger partial charge in [0.2, 0.25) is 0 Å². The van der Waals surface area contributed by atoms with Crippen LogP contribution in [-0.4, -0.2) is 12.8 Å². The summed E-state index contributed by atoms with van der Waals surface area (Å²) in [6.45, 7) is 6.33. The smallest absolute Gasteiger partial charge is 0.119 e. The van der Waals surface area contributed by atoms with Gasteiger partial charge in [0.15, 0.2) is 0 Å².